The Balaban J connectivity index is 1.27. The van der Waals surface area contributed by atoms with E-state index in [1.165, 1.54) is 0 Å². The molecule has 1 N–H and O–H groups in total. The fourth-order valence-corrected chi connectivity index (χ4v) is 3.69. The molecule has 8 nitrogen and oxygen atoms in total. The van der Waals surface area contributed by atoms with E-state index in [9.17, 15) is 9.59 Å². The van der Waals surface area contributed by atoms with Gasteiger partial charge in [0.15, 0.2) is 5.82 Å². The SMILES string of the molecule is C[C@@H](NC(=O)c1ccc(OC2CCN(C(=O)C3CC3)CC2)cc1)c1nncn1C. The molecule has 0 radical (unpaired) electrons. The number of benzene rings is 1. The van der Waals surface area contributed by atoms with Gasteiger partial charge in [0.25, 0.3) is 5.91 Å². The highest BCUT2D eigenvalue weighted by molar-refractivity contribution is 5.94. The normalized spacial score (nSPS) is 18.3. The summed E-state index contributed by atoms with van der Waals surface area (Å²) in [4.78, 5) is 26.6. The first-order valence-electron chi connectivity index (χ1n) is 10.2. The molecule has 1 aromatic carbocycles. The molecule has 1 saturated carbocycles. The minimum Gasteiger partial charge on any atom is -0.490 e. The van der Waals surface area contributed by atoms with Crippen LogP contribution in [-0.2, 0) is 11.8 Å². The van der Waals surface area contributed by atoms with E-state index in [2.05, 4.69) is 15.5 Å². The number of ether oxygens (including phenoxy) is 1. The lowest BCUT2D eigenvalue weighted by Gasteiger charge is -2.32. The molecule has 2 amide bonds. The van der Waals surface area contributed by atoms with Gasteiger partial charge in [0.05, 0.1) is 6.04 Å². The van der Waals surface area contributed by atoms with Crippen molar-refractivity contribution in [3.05, 3.63) is 42.0 Å². The van der Waals surface area contributed by atoms with Gasteiger partial charge in [0.1, 0.15) is 18.2 Å². The fraction of sp³-hybridized carbons (Fsp3) is 0.524. The fourth-order valence-electron chi connectivity index (χ4n) is 3.69. The first kappa shape index (κ1) is 19.4. The number of rotatable bonds is 6. The number of nitrogens with one attached hydrogen (secondary N) is 1. The van der Waals surface area contributed by atoms with Crippen molar-refractivity contribution in [1.29, 1.82) is 0 Å². The van der Waals surface area contributed by atoms with Crippen molar-refractivity contribution < 1.29 is 14.3 Å². The van der Waals surface area contributed by atoms with E-state index >= 15 is 0 Å². The molecule has 1 atom stereocenters. The number of aromatic nitrogens is 3. The Morgan fingerprint density at radius 2 is 1.83 bits per heavy atom. The lowest BCUT2D eigenvalue weighted by atomic mass is 10.1. The summed E-state index contributed by atoms with van der Waals surface area (Å²) in [6.07, 6.45) is 5.50. The number of aryl methyl sites for hydroxylation is 1. The number of carbonyl (C=O) groups is 2. The van der Waals surface area contributed by atoms with Gasteiger partial charge in [-0.3, -0.25) is 9.59 Å². The smallest absolute Gasteiger partial charge is 0.251 e. The molecule has 1 aliphatic carbocycles. The van der Waals surface area contributed by atoms with Crippen molar-refractivity contribution in [2.75, 3.05) is 13.1 Å². The van der Waals surface area contributed by atoms with Crippen molar-refractivity contribution >= 4 is 11.8 Å². The van der Waals surface area contributed by atoms with E-state index < -0.39 is 0 Å². The van der Waals surface area contributed by atoms with Gasteiger partial charge in [0.2, 0.25) is 5.91 Å². The summed E-state index contributed by atoms with van der Waals surface area (Å²) >= 11 is 0. The van der Waals surface area contributed by atoms with E-state index in [0.717, 1.165) is 44.5 Å². The van der Waals surface area contributed by atoms with Gasteiger partial charge in [0, 0.05) is 44.5 Å². The molecule has 2 heterocycles. The quantitative estimate of drug-likeness (QED) is 0.806. The second-order valence-electron chi connectivity index (χ2n) is 7.94. The first-order valence-corrected chi connectivity index (χ1v) is 10.2. The molecular weight excluding hydrogens is 370 g/mol. The lowest BCUT2D eigenvalue weighted by Crippen LogP contribution is -2.42. The van der Waals surface area contributed by atoms with Crippen molar-refractivity contribution in [1.82, 2.24) is 25.0 Å². The number of likely N-dealkylation sites (tertiary alicyclic amines) is 1. The Bertz CT molecular complexity index is 867. The number of amides is 2. The summed E-state index contributed by atoms with van der Waals surface area (Å²) in [6, 6.07) is 6.93. The molecule has 1 aliphatic heterocycles. The van der Waals surface area contributed by atoms with E-state index in [4.69, 9.17) is 4.74 Å². The number of nitrogens with zero attached hydrogens (tertiary/aromatic N) is 4. The largest absolute Gasteiger partial charge is 0.490 e. The standard InChI is InChI=1S/C21H27N5O3/c1-14(19-24-22-13-25(19)2)23-20(27)15-5-7-17(8-6-15)29-18-9-11-26(12-10-18)21(28)16-3-4-16/h5-8,13-14,16,18H,3-4,9-12H2,1-2H3,(H,23,27)/t14-/m1/s1. The number of hydrogen-bond acceptors (Lipinski definition) is 5. The Morgan fingerprint density at radius 1 is 1.14 bits per heavy atom. The molecule has 1 aromatic heterocycles. The van der Waals surface area contributed by atoms with E-state index in [0.29, 0.717) is 17.3 Å². The average Bonchev–Trinajstić information content (AvgIpc) is 3.49. The molecule has 2 aromatic rings. The molecule has 8 heteroatoms. The van der Waals surface area contributed by atoms with E-state index in [-0.39, 0.29) is 24.0 Å². The molecule has 2 fully saturated rings. The van der Waals surface area contributed by atoms with Crippen LogP contribution in [0.3, 0.4) is 0 Å². The molecule has 0 unspecified atom stereocenters. The van der Waals surface area contributed by atoms with E-state index in [1.54, 1.807) is 23.0 Å². The van der Waals surface area contributed by atoms with Crippen LogP contribution in [0.25, 0.3) is 0 Å². The minimum absolute atomic E-state index is 0.105. The van der Waals surface area contributed by atoms with Gasteiger partial charge >= 0.3 is 0 Å². The zero-order valence-corrected chi connectivity index (χ0v) is 16.9. The highest BCUT2D eigenvalue weighted by Gasteiger charge is 2.35. The lowest BCUT2D eigenvalue weighted by molar-refractivity contribution is -0.134. The topological polar surface area (TPSA) is 89.3 Å². The molecule has 4 rings (SSSR count). The van der Waals surface area contributed by atoms with Crippen LogP contribution in [-0.4, -0.2) is 50.7 Å². The van der Waals surface area contributed by atoms with Crippen LogP contribution < -0.4 is 10.1 Å². The van der Waals surface area contributed by atoms with Crippen molar-refractivity contribution in [2.45, 2.75) is 44.8 Å². The maximum atomic E-state index is 12.5. The Hall–Kier alpha value is -2.90. The summed E-state index contributed by atoms with van der Waals surface area (Å²) in [6.45, 7) is 3.40. The van der Waals surface area contributed by atoms with Crippen LogP contribution in [0.15, 0.2) is 30.6 Å². The highest BCUT2D eigenvalue weighted by atomic mass is 16.5. The Labute approximate surface area is 170 Å². The van der Waals surface area contributed by atoms with Gasteiger partial charge < -0.3 is 19.5 Å². The maximum Gasteiger partial charge on any atom is 0.251 e. The average molecular weight is 397 g/mol. The van der Waals surface area contributed by atoms with Crippen LogP contribution in [0, 0.1) is 5.92 Å². The molecular formula is C21H27N5O3. The molecule has 154 valence electrons. The summed E-state index contributed by atoms with van der Waals surface area (Å²) in [5.74, 6) is 1.87. The third-order valence-electron chi connectivity index (χ3n) is 5.58. The number of carbonyl (C=O) groups excluding carboxylic acids is 2. The first-order chi connectivity index (χ1) is 14.0. The Morgan fingerprint density at radius 3 is 2.41 bits per heavy atom. The van der Waals surface area contributed by atoms with Crippen LogP contribution in [0.2, 0.25) is 0 Å². The van der Waals surface area contributed by atoms with Gasteiger partial charge in [-0.25, -0.2) is 0 Å². The predicted molar refractivity (Wildman–Crippen MR) is 106 cm³/mol. The zero-order valence-electron chi connectivity index (χ0n) is 16.9. The van der Waals surface area contributed by atoms with Crippen molar-refractivity contribution in [3.63, 3.8) is 0 Å². The van der Waals surface area contributed by atoms with Gasteiger partial charge in [-0.2, -0.15) is 0 Å². The van der Waals surface area contributed by atoms with Crippen molar-refractivity contribution in [3.8, 4) is 5.75 Å². The molecule has 0 bridgehead atoms. The Kier molecular flexibility index (Phi) is 5.51. The van der Waals surface area contributed by atoms with Gasteiger partial charge in [-0.1, -0.05) is 0 Å². The van der Waals surface area contributed by atoms with Gasteiger partial charge in [-0.05, 0) is 44.0 Å². The molecule has 29 heavy (non-hydrogen) atoms. The number of hydrogen-bond donors (Lipinski definition) is 1. The number of piperidine rings is 1. The summed E-state index contributed by atoms with van der Waals surface area (Å²) in [7, 11) is 1.84. The minimum atomic E-state index is -0.241. The van der Waals surface area contributed by atoms with E-state index in [1.807, 2.05) is 31.0 Å². The summed E-state index contributed by atoms with van der Waals surface area (Å²) in [5, 5.41) is 10.8. The summed E-state index contributed by atoms with van der Waals surface area (Å²) in [5.41, 5.74) is 0.566. The maximum absolute atomic E-state index is 12.5. The second kappa shape index (κ2) is 8.23. The van der Waals surface area contributed by atoms with Crippen LogP contribution in [0.5, 0.6) is 5.75 Å². The molecule has 0 spiro atoms. The van der Waals surface area contributed by atoms with Crippen LogP contribution >= 0.6 is 0 Å². The second-order valence-corrected chi connectivity index (χ2v) is 7.94. The zero-order chi connectivity index (χ0) is 20.4. The highest BCUT2D eigenvalue weighted by Crippen LogP contribution is 2.32. The van der Waals surface area contributed by atoms with Crippen LogP contribution in [0.4, 0.5) is 0 Å². The van der Waals surface area contributed by atoms with Crippen molar-refractivity contribution in [2.24, 2.45) is 13.0 Å². The van der Waals surface area contributed by atoms with Gasteiger partial charge in [-0.15, -0.1) is 10.2 Å². The third kappa shape index (κ3) is 4.58. The summed E-state index contributed by atoms with van der Waals surface area (Å²) < 4.78 is 7.84. The molecule has 2 aliphatic rings. The predicted octanol–water partition coefficient (Wildman–Crippen LogP) is 2.09. The third-order valence-corrected chi connectivity index (χ3v) is 5.58. The molecule has 1 saturated heterocycles. The van der Waals surface area contributed by atoms with Crippen LogP contribution in [0.1, 0.15) is 54.8 Å². The monoisotopic (exact) mass is 397 g/mol.